The van der Waals surface area contributed by atoms with Crippen molar-refractivity contribution in [2.75, 3.05) is 13.7 Å². The van der Waals surface area contributed by atoms with Crippen molar-refractivity contribution in [3.8, 4) is 0 Å². The number of hydrogen-bond acceptors (Lipinski definition) is 2. The molecule has 0 radical (unpaired) electrons. The first-order valence-electron chi connectivity index (χ1n) is 8.07. The summed E-state index contributed by atoms with van der Waals surface area (Å²) in [5.74, 6) is 1.45. The molecule has 0 aromatic heterocycles. The molecule has 2 fully saturated rings. The van der Waals surface area contributed by atoms with E-state index in [1.165, 1.54) is 32.1 Å². The van der Waals surface area contributed by atoms with Gasteiger partial charge < -0.3 is 10.0 Å². The van der Waals surface area contributed by atoms with Crippen molar-refractivity contribution in [1.29, 1.82) is 0 Å². The Morgan fingerprint density at radius 3 is 2.21 bits per heavy atom. The van der Waals surface area contributed by atoms with Gasteiger partial charge in [0.2, 0.25) is 5.91 Å². The fraction of sp³-hybridized carbons (Fsp3) is 0.938. The van der Waals surface area contributed by atoms with Gasteiger partial charge in [-0.05, 0) is 50.4 Å². The largest absolute Gasteiger partial charge is 0.396 e. The Labute approximate surface area is 117 Å². The zero-order chi connectivity index (χ0) is 13.7. The predicted octanol–water partition coefficient (Wildman–Crippen LogP) is 2.97. The van der Waals surface area contributed by atoms with Gasteiger partial charge in [-0.1, -0.05) is 19.3 Å². The summed E-state index contributed by atoms with van der Waals surface area (Å²) in [7, 11) is 1.98. The Morgan fingerprint density at radius 2 is 1.63 bits per heavy atom. The molecule has 1 amide bonds. The molecule has 0 aromatic carbocycles. The lowest BCUT2D eigenvalue weighted by atomic mass is 9.84. The molecule has 0 aromatic rings. The Bertz CT molecular complexity index is 278. The second kappa shape index (κ2) is 7.28. The topological polar surface area (TPSA) is 40.5 Å². The fourth-order valence-electron chi connectivity index (χ4n) is 3.70. The molecule has 2 aliphatic carbocycles. The highest BCUT2D eigenvalue weighted by atomic mass is 16.3. The summed E-state index contributed by atoms with van der Waals surface area (Å²) in [6, 6.07) is 0.416. The summed E-state index contributed by atoms with van der Waals surface area (Å²) in [6.07, 6.45) is 11.5. The Morgan fingerprint density at radius 1 is 1.00 bits per heavy atom. The van der Waals surface area contributed by atoms with Crippen molar-refractivity contribution >= 4 is 5.91 Å². The molecule has 2 saturated carbocycles. The maximum absolute atomic E-state index is 12.3. The van der Waals surface area contributed by atoms with E-state index in [-0.39, 0.29) is 0 Å². The van der Waals surface area contributed by atoms with Crippen LogP contribution < -0.4 is 0 Å². The predicted molar refractivity (Wildman–Crippen MR) is 76.8 cm³/mol. The lowest BCUT2D eigenvalue weighted by Crippen LogP contribution is -2.40. The van der Waals surface area contributed by atoms with E-state index in [2.05, 4.69) is 0 Å². The molecule has 3 heteroatoms. The Kier molecular flexibility index (Phi) is 5.68. The molecule has 0 saturated heterocycles. The van der Waals surface area contributed by atoms with Crippen LogP contribution in [0.3, 0.4) is 0 Å². The third-order valence-electron chi connectivity index (χ3n) is 5.20. The fourth-order valence-corrected chi connectivity index (χ4v) is 3.70. The van der Waals surface area contributed by atoms with E-state index < -0.39 is 0 Å². The van der Waals surface area contributed by atoms with Crippen LogP contribution in [0.4, 0.5) is 0 Å². The highest BCUT2D eigenvalue weighted by Crippen LogP contribution is 2.30. The SMILES string of the molecule is CN(C(=O)CC1CCCCC1)C1CCC(CO)CC1. The van der Waals surface area contributed by atoms with Crippen molar-refractivity contribution in [3.05, 3.63) is 0 Å². The highest BCUT2D eigenvalue weighted by Gasteiger charge is 2.27. The van der Waals surface area contributed by atoms with Crippen LogP contribution in [-0.4, -0.2) is 35.6 Å². The normalized spacial score (nSPS) is 29.2. The van der Waals surface area contributed by atoms with Crippen LogP contribution in [-0.2, 0) is 4.79 Å². The minimum Gasteiger partial charge on any atom is -0.396 e. The average Bonchev–Trinajstić information content (AvgIpc) is 2.47. The first kappa shape index (κ1) is 14.8. The molecule has 1 N–H and O–H groups in total. The van der Waals surface area contributed by atoms with Crippen LogP contribution in [0.5, 0.6) is 0 Å². The molecule has 0 heterocycles. The lowest BCUT2D eigenvalue weighted by Gasteiger charge is -2.35. The summed E-state index contributed by atoms with van der Waals surface area (Å²) in [5, 5.41) is 9.16. The number of amides is 1. The molecule has 3 nitrogen and oxygen atoms in total. The second-order valence-electron chi connectivity index (χ2n) is 6.57. The quantitative estimate of drug-likeness (QED) is 0.850. The second-order valence-corrected chi connectivity index (χ2v) is 6.57. The van der Waals surface area contributed by atoms with Gasteiger partial charge in [-0.25, -0.2) is 0 Å². The van der Waals surface area contributed by atoms with Gasteiger partial charge >= 0.3 is 0 Å². The van der Waals surface area contributed by atoms with Crippen LogP contribution >= 0.6 is 0 Å². The first-order valence-corrected chi connectivity index (χ1v) is 8.07. The van der Waals surface area contributed by atoms with E-state index in [0.717, 1.165) is 32.1 Å². The Hall–Kier alpha value is -0.570. The highest BCUT2D eigenvalue weighted by molar-refractivity contribution is 5.76. The molecular formula is C16H29NO2. The number of rotatable bonds is 4. The van der Waals surface area contributed by atoms with Gasteiger partial charge in [0.1, 0.15) is 0 Å². The maximum atomic E-state index is 12.3. The van der Waals surface area contributed by atoms with Gasteiger partial charge in [-0.15, -0.1) is 0 Å². The van der Waals surface area contributed by atoms with E-state index in [1.807, 2.05) is 11.9 Å². The number of nitrogens with zero attached hydrogens (tertiary/aromatic N) is 1. The van der Waals surface area contributed by atoms with Gasteiger partial charge in [0.05, 0.1) is 0 Å². The minimum atomic E-state index is 0.312. The van der Waals surface area contributed by atoms with Crippen molar-refractivity contribution in [1.82, 2.24) is 4.90 Å². The molecular weight excluding hydrogens is 238 g/mol. The molecule has 0 bridgehead atoms. The smallest absolute Gasteiger partial charge is 0.222 e. The van der Waals surface area contributed by atoms with E-state index in [1.54, 1.807) is 0 Å². The summed E-state index contributed by atoms with van der Waals surface area (Å²) in [5.41, 5.74) is 0. The number of carbonyl (C=O) groups is 1. The lowest BCUT2D eigenvalue weighted by molar-refractivity contribution is -0.134. The van der Waals surface area contributed by atoms with Crippen molar-refractivity contribution in [2.45, 2.75) is 70.3 Å². The molecule has 0 spiro atoms. The third kappa shape index (κ3) is 4.20. The zero-order valence-electron chi connectivity index (χ0n) is 12.3. The number of hydrogen-bond donors (Lipinski definition) is 1. The monoisotopic (exact) mass is 267 g/mol. The van der Waals surface area contributed by atoms with Crippen molar-refractivity contribution < 1.29 is 9.90 Å². The van der Waals surface area contributed by atoms with Crippen LogP contribution in [0.1, 0.15) is 64.2 Å². The maximum Gasteiger partial charge on any atom is 0.222 e. The van der Waals surface area contributed by atoms with Gasteiger partial charge in [0, 0.05) is 26.1 Å². The summed E-state index contributed by atoms with van der Waals surface area (Å²) >= 11 is 0. The van der Waals surface area contributed by atoms with E-state index in [4.69, 9.17) is 5.11 Å². The van der Waals surface area contributed by atoms with E-state index in [9.17, 15) is 4.79 Å². The number of aliphatic hydroxyl groups excluding tert-OH is 1. The molecule has 110 valence electrons. The average molecular weight is 267 g/mol. The van der Waals surface area contributed by atoms with Gasteiger partial charge in [0.25, 0.3) is 0 Å². The number of carbonyl (C=O) groups excluding carboxylic acids is 1. The third-order valence-corrected chi connectivity index (χ3v) is 5.20. The van der Waals surface area contributed by atoms with E-state index >= 15 is 0 Å². The van der Waals surface area contributed by atoms with Gasteiger partial charge in [-0.2, -0.15) is 0 Å². The first-order chi connectivity index (χ1) is 9.20. The van der Waals surface area contributed by atoms with Gasteiger partial charge in [-0.3, -0.25) is 4.79 Å². The molecule has 2 rings (SSSR count). The van der Waals surface area contributed by atoms with Crippen LogP contribution in [0, 0.1) is 11.8 Å². The van der Waals surface area contributed by atoms with Crippen LogP contribution in [0.25, 0.3) is 0 Å². The van der Waals surface area contributed by atoms with Crippen LogP contribution in [0.15, 0.2) is 0 Å². The summed E-state index contributed by atoms with van der Waals surface area (Å²) in [4.78, 5) is 14.3. The molecule has 0 atom stereocenters. The van der Waals surface area contributed by atoms with Crippen molar-refractivity contribution in [2.24, 2.45) is 11.8 Å². The molecule has 0 aliphatic heterocycles. The van der Waals surface area contributed by atoms with Crippen molar-refractivity contribution in [3.63, 3.8) is 0 Å². The summed E-state index contributed by atoms with van der Waals surface area (Å²) < 4.78 is 0. The molecule has 19 heavy (non-hydrogen) atoms. The van der Waals surface area contributed by atoms with Crippen LogP contribution in [0.2, 0.25) is 0 Å². The standard InChI is InChI=1S/C16H29NO2/c1-17(15-9-7-14(12-18)8-10-15)16(19)11-13-5-3-2-4-6-13/h13-15,18H,2-12H2,1H3. The molecule has 0 unspecified atom stereocenters. The van der Waals surface area contributed by atoms with Gasteiger partial charge in [0.15, 0.2) is 0 Å². The minimum absolute atomic E-state index is 0.312. The summed E-state index contributed by atoms with van der Waals surface area (Å²) in [6.45, 7) is 0.312. The molecule has 2 aliphatic rings. The Balaban J connectivity index is 1.75. The van der Waals surface area contributed by atoms with E-state index in [0.29, 0.717) is 30.4 Å². The number of aliphatic hydroxyl groups is 1. The zero-order valence-corrected chi connectivity index (χ0v) is 12.3.